The van der Waals surface area contributed by atoms with Crippen LogP contribution in [-0.2, 0) is 14.8 Å². The van der Waals surface area contributed by atoms with Crippen LogP contribution in [0, 0.1) is 0 Å². The highest BCUT2D eigenvalue weighted by atomic mass is 32.2. The van der Waals surface area contributed by atoms with Crippen molar-refractivity contribution < 1.29 is 23.1 Å². The number of carboxylic acids is 1. The molecule has 8 nitrogen and oxygen atoms in total. The van der Waals surface area contributed by atoms with Crippen molar-refractivity contribution in [2.75, 3.05) is 19.3 Å². The van der Waals surface area contributed by atoms with Gasteiger partial charge in [-0.1, -0.05) is 0 Å². The highest BCUT2D eigenvalue weighted by Crippen LogP contribution is 1.89. The Kier molecular flexibility index (Phi) is 6.51. The number of urea groups is 1. The lowest BCUT2D eigenvalue weighted by atomic mass is 10.2. The minimum absolute atomic E-state index is 0.0829. The maximum atomic E-state index is 11.2. The first kappa shape index (κ1) is 15.7. The molecule has 1 atom stereocenters. The van der Waals surface area contributed by atoms with E-state index in [-0.39, 0.29) is 19.5 Å². The van der Waals surface area contributed by atoms with Crippen molar-refractivity contribution >= 4 is 22.0 Å². The van der Waals surface area contributed by atoms with Crippen molar-refractivity contribution in [2.45, 2.75) is 19.4 Å². The fourth-order valence-electron chi connectivity index (χ4n) is 1.00. The zero-order chi connectivity index (χ0) is 13.5. The van der Waals surface area contributed by atoms with E-state index in [9.17, 15) is 18.0 Å². The number of sulfonamides is 1. The van der Waals surface area contributed by atoms with Gasteiger partial charge in [0.1, 0.15) is 0 Å². The monoisotopic (exact) mass is 267 g/mol. The first-order valence-corrected chi connectivity index (χ1v) is 6.80. The largest absolute Gasteiger partial charge is 0.481 e. The third kappa shape index (κ3) is 10.9. The Balaban J connectivity index is 3.70. The Hall–Kier alpha value is -1.35. The van der Waals surface area contributed by atoms with Crippen LogP contribution in [0.25, 0.3) is 0 Å². The van der Waals surface area contributed by atoms with Crippen molar-refractivity contribution in [1.29, 1.82) is 0 Å². The van der Waals surface area contributed by atoms with Crippen molar-refractivity contribution in [3.05, 3.63) is 0 Å². The van der Waals surface area contributed by atoms with E-state index in [2.05, 4.69) is 15.4 Å². The Morgan fingerprint density at radius 2 is 1.88 bits per heavy atom. The zero-order valence-corrected chi connectivity index (χ0v) is 10.5. The van der Waals surface area contributed by atoms with Gasteiger partial charge in [-0.2, -0.15) is 0 Å². The van der Waals surface area contributed by atoms with Crippen LogP contribution in [0.5, 0.6) is 0 Å². The molecule has 0 heterocycles. The number of hydrogen-bond donors (Lipinski definition) is 4. The molecule has 0 aromatic rings. The summed E-state index contributed by atoms with van der Waals surface area (Å²) in [4.78, 5) is 21.5. The molecule has 0 radical (unpaired) electrons. The molecule has 4 N–H and O–H groups in total. The number of nitrogens with one attached hydrogen (secondary N) is 3. The molecule has 0 aliphatic heterocycles. The molecule has 0 aliphatic carbocycles. The van der Waals surface area contributed by atoms with Crippen LogP contribution in [0.1, 0.15) is 13.3 Å². The van der Waals surface area contributed by atoms with Crippen LogP contribution in [0.3, 0.4) is 0 Å². The van der Waals surface area contributed by atoms with Gasteiger partial charge in [0, 0.05) is 19.1 Å². The molecule has 2 amide bonds. The minimum atomic E-state index is -3.26. The fraction of sp³-hybridized carbons (Fsp3) is 0.750. The number of carboxylic acid groups (broad SMARTS) is 1. The first-order valence-electron chi connectivity index (χ1n) is 4.91. The maximum absolute atomic E-state index is 11.2. The van der Waals surface area contributed by atoms with Gasteiger partial charge >= 0.3 is 12.0 Å². The van der Waals surface area contributed by atoms with Gasteiger partial charge in [0.2, 0.25) is 10.0 Å². The molecule has 0 saturated heterocycles. The maximum Gasteiger partial charge on any atom is 0.315 e. The van der Waals surface area contributed by atoms with E-state index >= 15 is 0 Å². The van der Waals surface area contributed by atoms with Crippen LogP contribution in [0.4, 0.5) is 4.79 Å². The van der Waals surface area contributed by atoms with Gasteiger partial charge in [0.15, 0.2) is 0 Å². The second-order valence-corrected chi connectivity index (χ2v) is 5.40. The topological polar surface area (TPSA) is 125 Å². The fourth-order valence-corrected chi connectivity index (χ4v) is 1.47. The predicted molar refractivity (Wildman–Crippen MR) is 61.1 cm³/mol. The van der Waals surface area contributed by atoms with E-state index in [4.69, 9.17) is 5.11 Å². The molecule has 0 aromatic carbocycles. The summed E-state index contributed by atoms with van der Waals surface area (Å²) < 4.78 is 23.5. The molecule has 1 unspecified atom stereocenters. The van der Waals surface area contributed by atoms with Crippen LogP contribution >= 0.6 is 0 Å². The normalized spacial score (nSPS) is 12.8. The van der Waals surface area contributed by atoms with E-state index < -0.39 is 28.1 Å². The Morgan fingerprint density at radius 1 is 1.29 bits per heavy atom. The summed E-state index contributed by atoms with van der Waals surface area (Å²) in [5, 5.41) is 13.2. The van der Waals surface area contributed by atoms with Gasteiger partial charge < -0.3 is 15.7 Å². The molecule has 100 valence electrons. The summed E-state index contributed by atoms with van der Waals surface area (Å²) in [5.74, 6) is -1.00. The second kappa shape index (κ2) is 7.07. The number of carbonyl (C=O) groups is 2. The van der Waals surface area contributed by atoms with Gasteiger partial charge in [-0.25, -0.2) is 17.9 Å². The summed E-state index contributed by atoms with van der Waals surface area (Å²) >= 11 is 0. The number of hydrogen-bond acceptors (Lipinski definition) is 4. The summed E-state index contributed by atoms with van der Waals surface area (Å²) in [6, 6.07) is -1.02. The highest BCUT2D eigenvalue weighted by Gasteiger charge is 2.10. The minimum Gasteiger partial charge on any atom is -0.481 e. The van der Waals surface area contributed by atoms with Gasteiger partial charge in [0.25, 0.3) is 0 Å². The smallest absolute Gasteiger partial charge is 0.315 e. The molecular weight excluding hydrogens is 250 g/mol. The molecule has 0 rings (SSSR count). The Bertz CT molecular complexity index is 367. The highest BCUT2D eigenvalue weighted by molar-refractivity contribution is 7.88. The van der Waals surface area contributed by atoms with E-state index in [1.165, 1.54) is 0 Å². The van der Waals surface area contributed by atoms with E-state index in [1.807, 2.05) is 0 Å². The summed E-state index contributed by atoms with van der Waals surface area (Å²) in [6.45, 7) is 1.76. The van der Waals surface area contributed by atoms with E-state index in [0.29, 0.717) is 0 Å². The standard InChI is InChI=1S/C8H17N3O5S/c1-6(5-7(12)13)11-8(14)9-3-4-10-17(2,15)16/h6,10H,3-5H2,1-2H3,(H,12,13)(H2,9,11,14). The average Bonchev–Trinajstić information content (AvgIpc) is 2.09. The second-order valence-electron chi connectivity index (χ2n) is 3.57. The molecule has 0 fully saturated rings. The van der Waals surface area contributed by atoms with Crippen LogP contribution in [0.15, 0.2) is 0 Å². The van der Waals surface area contributed by atoms with Gasteiger partial charge in [-0.05, 0) is 6.92 Å². The molecule has 9 heteroatoms. The summed E-state index contributed by atoms with van der Waals surface area (Å²) in [7, 11) is -3.26. The number of amides is 2. The van der Waals surface area contributed by atoms with E-state index in [0.717, 1.165) is 6.26 Å². The SMILES string of the molecule is CC(CC(=O)O)NC(=O)NCCNS(C)(=O)=O. The lowest BCUT2D eigenvalue weighted by molar-refractivity contribution is -0.137. The van der Waals surface area contributed by atoms with E-state index in [1.54, 1.807) is 6.92 Å². The van der Waals surface area contributed by atoms with Crippen molar-refractivity contribution in [3.8, 4) is 0 Å². The lowest BCUT2D eigenvalue weighted by Crippen LogP contribution is -2.44. The van der Waals surface area contributed by atoms with Crippen molar-refractivity contribution in [3.63, 3.8) is 0 Å². The summed E-state index contributed by atoms with van der Waals surface area (Å²) in [6.07, 6.45) is 0.844. The van der Waals surface area contributed by atoms with Gasteiger partial charge in [-0.15, -0.1) is 0 Å². The number of aliphatic carboxylic acids is 1. The Labute approximate surface area is 99.8 Å². The van der Waals surface area contributed by atoms with Crippen LogP contribution in [-0.4, -0.2) is 50.9 Å². The quantitative estimate of drug-likeness (QED) is 0.427. The number of carbonyl (C=O) groups excluding carboxylic acids is 1. The molecule has 0 spiro atoms. The third-order valence-corrected chi connectivity index (χ3v) is 2.36. The van der Waals surface area contributed by atoms with Gasteiger partial charge in [-0.3, -0.25) is 4.79 Å². The molecule has 17 heavy (non-hydrogen) atoms. The lowest BCUT2D eigenvalue weighted by Gasteiger charge is -2.12. The van der Waals surface area contributed by atoms with Crippen molar-refractivity contribution in [1.82, 2.24) is 15.4 Å². The van der Waals surface area contributed by atoms with Crippen molar-refractivity contribution in [2.24, 2.45) is 0 Å². The van der Waals surface area contributed by atoms with Crippen LogP contribution in [0.2, 0.25) is 0 Å². The molecule has 0 aromatic heterocycles. The predicted octanol–water partition coefficient (Wildman–Crippen LogP) is -1.30. The molecule has 0 bridgehead atoms. The van der Waals surface area contributed by atoms with Gasteiger partial charge in [0.05, 0.1) is 12.7 Å². The molecular formula is C8H17N3O5S. The third-order valence-electron chi connectivity index (χ3n) is 1.63. The van der Waals surface area contributed by atoms with Crippen LogP contribution < -0.4 is 15.4 Å². The number of rotatable bonds is 7. The average molecular weight is 267 g/mol. The molecule has 0 saturated carbocycles. The summed E-state index contributed by atoms with van der Waals surface area (Å²) in [5.41, 5.74) is 0. The first-order chi connectivity index (χ1) is 7.70. The Morgan fingerprint density at radius 3 is 2.35 bits per heavy atom. The molecule has 0 aliphatic rings. The zero-order valence-electron chi connectivity index (χ0n) is 9.69.